The predicted molar refractivity (Wildman–Crippen MR) is 127 cm³/mol. The molecule has 4 heteroatoms. The van der Waals surface area contributed by atoms with Gasteiger partial charge in [0.15, 0.2) is 0 Å². The van der Waals surface area contributed by atoms with Crippen LogP contribution in [0.5, 0.6) is 0 Å². The molecule has 0 heterocycles. The van der Waals surface area contributed by atoms with Gasteiger partial charge in [0, 0.05) is 23.2 Å². The van der Waals surface area contributed by atoms with E-state index in [0.717, 1.165) is 33.6 Å². The highest BCUT2D eigenvalue weighted by Gasteiger charge is 2.07. The number of nitrogens with zero attached hydrogens (tertiary/aromatic N) is 2. The van der Waals surface area contributed by atoms with Gasteiger partial charge in [0.05, 0.1) is 11.6 Å². The number of aliphatic imine (C=N–C) groups is 1. The molecule has 0 radical (unpaired) electrons. The molecule has 0 fully saturated rings. The number of hydrogen-bond donors (Lipinski definition) is 2. The van der Waals surface area contributed by atoms with Gasteiger partial charge in [0.25, 0.3) is 0 Å². The number of nitriles is 1. The van der Waals surface area contributed by atoms with Crippen LogP contribution in [0.1, 0.15) is 22.9 Å². The molecule has 0 bridgehead atoms. The minimum Gasteiger partial charge on any atom is -0.355 e. The Morgan fingerprint density at radius 1 is 0.839 bits per heavy atom. The van der Waals surface area contributed by atoms with E-state index >= 15 is 0 Å². The van der Waals surface area contributed by atoms with Crippen LogP contribution in [-0.4, -0.2) is 6.21 Å². The summed E-state index contributed by atoms with van der Waals surface area (Å²) in [5.41, 5.74) is 12.8. The molecule has 31 heavy (non-hydrogen) atoms. The molecule has 0 aliphatic heterocycles. The second kappa shape index (κ2) is 9.53. The first-order valence-corrected chi connectivity index (χ1v) is 10.0. The fraction of sp³-hybridized carbons (Fsp3) is 0.0370. The fourth-order valence-electron chi connectivity index (χ4n) is 3.31. The predicted octanol–water partition coefficient (Wildman–Crippen LogP) is 6.05. The van der Waals surface area contributed by atoms with Crippen molar-refractivity contribution in [2.24, 2.45) is 10.7 Å². The van der Waals surface area contributed by atoms with Gasteiger partial charge in [-0.15, -0.1) is 0 Å². The third-order valence-electron chi connectivity index (χ3n) is 4.94. The van der Waals surface area contributed by atoms with Gasteiger partial charge < -0.3 is 11.1 Å². The summed E-state index contributed by atoms with van der Waals surface area (Å²) in [7, 11) is 0. The first-order chi connectivity index (χ1) is 15.2. The summed E-state index contributed by atoms with van der Waals surface area (Å²) in [4.78, 5) is 4.45. The number of rotatable bonds is 6. The van der Waals surface area contributed by atoms with E-state index in [1.54, 1.807) is 6.21 Å². The monoisotopic (exact) mass is 402 g/mol. The number of anilines is 2. The van der Waals surface area contributed by atoms with E-state index < -0.39 is 6.17 Å². The van der Waals surface area contributed by atoms with Crippen LogP contribution in [0.25, 0.3) is 11.1 Å². The molecule has 4 rings (SSSR count). The van der Waals surface area contributed by atoms with Gasteiger partial charge in [-0.1, -0.05) is 72.8 Å². The summed E-state index contributed by atoms with van der Waals surface area (Å²) < 4.78 is 0. The van der Waals surface area contributed by atoms with Crippen LogP contribution in [0.3, 0.4) is 0 Å². The molecule has 4 nitrogen and oxygen atoms in total. The smallest absolute Gasteiger partial charge is 0.123 e. The Kier molecular flexibility index (Phi) is 6.18. The Hall–Kier alpha value is -4.20. The fourth-order valence-corrected chi connectivity index (χ4v) is 3.31. The first kappa shape index (κ1) is 20.1. The van der Waals surface area contributed by atoms with Gasteiger partial charge in [-0.3, -0.25) is 4.99 Å². The van der Waals surface area contributed by atoms with Crippen LogP contribution in [0.2, 0.25) is 0 Å². The Morgan fingerprint density at radius 2 is 1.58 bits per heavy atom. The lowest BCUT2D eigenvalue weighted by molar-refractivity contribution is 0.781. The van der Waals surface area contributed by atoms with E-state index in [1.807, 2.05) is 103 Å². The van der Waals surface area contributed by atoms with Crippen molar-refractivity contribution in [1.82, 2.24) is 0 Å². The zero-order chi connectivity index (χ0) is 21.5. The van der Waals surface area contributed by atoms with E-state index in [9.17, 15) is 5.26 Å². The van der Waals surface area contributed by atoms with Crippen molar-refractivity contribution in [2.75, 3.05) is 5.32 Å². The minimum absolute atomic E-state index is 0.421. The van der Waals surface area contributed by atoms with Gasteiger partial charge >= 0.3 is 0 Å². The number of para-hydroxylation sites is 1. The molecule has 0 aromatic heterocycles. The SMILES string of the molecule is N#Cc1cccc(-c2ccccc2Nc2ccc(C(N)/N=C/c3ccccc3)cc2)c1. The summed E-state index contributed by atoms with van der Waals surface area (Å²) in [6.45, 7) is 0. The van der Waals surface area contributed by atoms with Gasteiger partial charge in [-0.2, -0.15) is 5.26 Å². The van der Waals surface area contributed by atoms with E-state index in [2.05, 4.69) is 16.4 Å². The van der Waals surface area contributed by atoms with E-state index in [0.29, 0.717) is 5.56 Å². The van der Waals surface area contributed by atoms with Crippen LogP contribution >= 0.6 is 0 Å². The zero-order valence-corrected chi connectivity index (χ0v) is 16.9. The van der Waals surface area contributed by atoms with E-state index in [-0.39, 0.29) is 0 Å². The summed E-state index contributed by atoms with van der Waals surface area (Å²) in [5, 5.41) is 12.7. The minimum atomic E-state index is -0.421. The van der Waals surface area contributed by atoms with Gasteiger partial charge in [0.2, 0.25) is 0 Å². The second-order valence-corrected chi connectivity index (χ2v) is 7.12. The zero-order valence-electron chi connectivity index (χ0n) is 16.9. The van der Waals surface area contributed by atoms with E-state index in [1.165, 1.54) is 0 Å². The lowest BCUT2D eigenvalue weighted by atomic mass is 10.0. The van der Waals surface area contributed by atoms with Crippen molar-refractivity contribution >= 4 is 17.6 Å². The third kappa shape index (κ3) is 5.05. The molecular weight excluding hydrogens is 380 g/mol. The molecule has 1 atom stereocenters. The van der Waals surface area contributed by atoms with Gasteiger partial charge in [-0.25, -0.2) is 0 Å². The van der Waals surface area contributed by atoms with Crippen molar-refractivity contribution in [3.8, 4) is 17.2 Å². The topological polar surface area (TPSA) is 74.2 Å². The quantitative estimate of drug-likeness (QED) is 0.386. The largest absolute Gasteiger partial charge is 0.355 e. The number of nitrogens with one attached hydrogen (secondary N) is 1. The Morgan fingerprint density at radius 3 is 2.35 bits per heavy atom. The van der Waals surface area contributed by atoms with Crippen molar-refractivity contribution in [2.45, 2.75) is 6.17 Å². The van der Waals surface area contributed by atoms with Crippen LogP contribution in [0, 0.1) is 11.3 Å². The lowest BCUT2D eigenvalue weighted by Crippen LogP contribution is -2.07. The van der Waals surface area contributed by atoms with Crippen molar-refractivity contribution < 1.29 is 0 Å². The second-order valence-electron chi connectivity index (χ2n) is 7.12. The number of benzene rings is 4. The molecule has 150 valence electrons. The molecule has 1 unspecified atom stereocenters. The molecular formula is C27H22N4. The highest BCUT2D eigenvalue weighted by Crippen LogP contribution is 2.31. The van der Waals surface area contributed by atoms with Crippen LogP contribution < -0.4 is 11.1 Å². The van der Waals surface area contributed by atoms with Crippen molar-refractivity contribution in [1.29, 1.82) is 5.26 Å². The molecule has 0 aliphatic carbocycles. The molecule has 0 aliphatic rings. The van der Waals surface area contributed by atoms with Gasteiger partial charge in [0.1, 0.15) is 6.17 Å². The van der Waals surface area contributed by atoms with Crippen molar-refractivity contribution in [3.05, 3.63) is 120 Å². The van der Waals surface area contributed by atoms with Crippen molar-refractivity contribution in [3.63, 3.8) is 0 Å². The Bertz CT molecular complexity index is 1220. The summed E-state index contributed by atoms with van der Waals surface area (Å²) >= 11 is 0. The molecule has 4 aromatic rings. The summed E-state index contributed by atoms with van der Waals surface area (Å²) in [6.07, 6.45) is 1.37. The van der Waals surface area contributed by atoms with Crippen LogP contribution in [0.15, 0.2) is 108 Å². The van der Waals surface area contributed by atoms with Gasteiger partial charge in [-0.05, 0) is 47.0 Å². The Balaban J connectivity index is 1.51. The molecule has 4 aromatic carbocycles. The maximum absolute atomic E-state index is 9.20. The normalized spacial score (nSPS) is 11.7. The molecule has 0 saturated heterocycles. The highest BCUT2D eigenvalue weighted by molar-refractivity contribution is 5.81. The maximum atomic E-state index is 9.20. The summed E-state index contributed by atoms with van der Waals surface area (Å²) in [6, 6.07) is 35.7. The maximum Gasteiger partial charge on any atom is 0.123 e. The highest BCUT2D eigenvalue weighted by atomic mass is 14.9. The van der Waals surface area contributed by atoms with Crippen LogP contribution in [0.4, 0.5) is 11.4 Å². The van der Waals surface area contributed by atoms with Crippen LogP contribution in [-0.2, 0) is 0 Å². The summed E-state index contributed by atoms with van der Waals surface area (Å²) in [5.74, 6) is 0. The average Bonchev–Trinajstić information content (AvgIpc) is 2.84. The Labute approximate surface area is 182 Å². The molecule has 0 saturated carbocycles. The average molecular weight is 403 g/mol. The lowest BCUT2D eigenvalue weighted by Gasteiger charge is -2.14. The standard InChI is InChI=1S/C27H22N4/c28-18-21-9-6-10-23(17-21)25-11-4-5-12-26(25)31-24-15-13-22(14-16-24)27(29)30-19-20-7-2-1-3-8-20/h1-17,19,27,31H,29H2/b30-19+. The first-order valence-electron chi connectivity index (χ1n) is 10.0. The number of hydrogen-bond acceptors (Lipinski definition) is 4. The molecule has 3 N–H and O–H groups in total. The van der Waals surface area contributed by atoms with E-state index in [4.69, 9.17) is 5.73 Å². The number of nitrogens with two attached hydrogens (primary N) is 1. The molecule has 0 spiro atoms. The molecule has 0 amide bonds. The third-order valence-corrected chi connectivity index (χ3v) is 4.94.